The third kappa shape index (κ3) is 5.37. The van der Waals surface area contributed by atoms with Gasteiger partial charge in [-0.15, -0.1) is 0 Å². The topological polar surface area (TPSA) is 51.6 Å². The van der Waals surface area contributed by atoms with Crippen LogP contribution in [0, 0.1) is 0 Å². The zero-order valence-corrected chi connectivity index (χ0v) is 23.9. The Bertz CT molecular complexity index is 1710. The van der Waals surface area contributed by atoms with Crippen LogP contribution in [0.15, 0.2) is 128 Å². The van der Waals surface area contributed by atoms with Gasteiger partial charge in [0.15, 0.2) is 17.5 Å². The van der Waals surface area contributed by atoms with E-state index in [1.807, 2.05) is 73.1 Å². The van der Waals surface area contributed by atoms with Crippen LogP contribution in [0.4, 0.5) is 0 Å². The second kappa shape index (κ2) is 10.8. The quantitative estimate of drug-likeness (QED) is 0.202. The largest absolute Gasteiger partial charge is 0.265 e. The maximum absolute atomic E-state index is 4.97. The maximum atomic E-state index is 4.97. The van der Waals surface area contributed by atoms with E-state index in [0.717, 1.165) is 33.4 Å². The first-order valence-electron chi connectivity index (χ1n) is 13.5. The molecule has 40 heavy (non-hydrogen) atoms. The summed E-state index contributed by atoms with van der Waals surface area (Å²) in [5.41, 5.74) is 7.48. The molecule has 4 aromatic carbocycles. The summed E-state index contributed by atoms with van der Waals surface area (Å²) in [6.45, 7) is 7.15. The Hall–Kier alpha value is -4.74. The first kappa shape index (κ1) is 25.5. The number of nitrogens with zero attached hydrogens (tertiary/aromatic N) is 4. The third-order valence-corrected chi connectivity index (χ3v) is 9.05. The van der Waals surface area contributed by atoms with Crippen LogP contribution in [0.25, 0.3) is 56.4 Å². The minimum absolute atomic E-state index is 0.650. The average Bonchev–Trinajstić information content (AvgIpc) is 3.01. The summed E-state index contributed by atoms with van der Waals surface area (Å²) in [7, 11) is -1.50. The molecular weight excluding hydrogens is 504 g/mol. The number of pyridine rings is 1. The second-order valence-corrected chi connectivity index (χ2v) is 15.9. The molecule has 0 saturated heterocycles. The molecule has 0 atom stereocenters. The molecule has 2 heterocycles. The summed E-state index contributed by atoms with van der Waals surface area (Å²) in [4.78, 5) is 19.0. The smallest absolute Gasteiger partial charge is 0.164 e. The summed E-state index contributed by atoms with van der Waals surface area (Å²) >= 11 is 0. The molecule has 0 radical (unpaired) electrons. The Labute approximate surface area is 236 Å². The number of hydrogen-bond acceptors (Lipinski definition) is 4. The zero-order chi connectivity index (χ0) is 27.5. The van der Waals surface area contributed by atoms with Gasteiger partial charge in [-0.05, 0) is 40.5 Å². The molecule has 0 aliphatic rings. The number of rotatable bonds is 6. The molecule has 0 saturated carbocycles. The van der Waals surface area contributed by atoms with Crippen LogP contribution in [0.2, 0.25) is 19.6 Å². The lowest BCUT2D eigenvalue weighted by Crippen LogP contribution is -2.37. The van der Waals surface area contributed by atoms with E-state index in [-0.39, 0.29) is 0 Å². The molecule has 0 N–H and O–H groups in total. The van der Waals surface area contributed by atoms with Gasteiger partial charge in [0.05, 0.1) is 8.07 Å². The summed E-state index contributed by atoms with van der Waals surface area (Å²) in [6.07, 6.45) is 3.69. The molecular formula is C35H30N4Si. The highest BCUT2D eigenvalue weighted by atomic mass is 28.3. The summed E-state index contributed by atoms with van der Waals surface area (Å²) in [6, 6.07) is 39.8. The maximum Gasteiger partial charge on any atom is 0.164 e. The molecule has 6 rings (SSSR count). The van der Waals surface area contributed by atoms with Gasteiger partial charge in [-0.3, -0.25) is 4.98 Å². The fourth-order valence-corrected chi connectivity index (χ4v) is 5.98. The Morgan fingerprint density at radius 2 is 0.975 bits per heavy atom. The van der Waals surface area contributed by atoms with Crippen LogP contribution in [0.3, 0.4) is 0 Å². The van der Waals surface area contributed by atoms with Crippen molar-refractivity contribution in [3.8, 4) is 56.4 Å². The van der Waals surface area contributed by atoms with Crippen molar-refractivity contribution < 1.29 is 0 Å². The number of hydrogen-bond donors (Lipinski definition) is 0. The van der Waals surface area contributed by atoms with E-state index in [9.17, 15) is 0 Å². The molecule has 6 aromatic rings. The van der Waals surface area contributed by atoms with E-state index in [4.69, 9.17) is 15.0 Å². The van der Waals surface area contributed by atoms with Crippen molar-refractivity contribution >= 4 is 13.3 Å². The van der Waals surface area contributed by atoms with Gasteiger partial charge in [-0.2, -0.15) is 0 Å². The van der Waals surface area contributed by atoms with Crippen LogP contribution < -0.4 is 5.19 Å². The normalized spacial score (nSPS) is 11.4. The Morgan fingerprint density at radius 1 is 0.425 bits per heavy atom. The molecule has 0 fully saturated rings. The molecule has 0 unspecified atom stereocenters. The van der Waals surface area contributed by atoms with Crippen molar-refractivity contribution in [2.45, 2.75) is 19.6 Å². The molecule has 0 bridgehead atoms. The van der Waals surface area contributed by atoms with E-state index < -0.39 is 8.07 Å². The molecule has 2 aromatic heterocycles. The monoisotopic (exact) mass is 534 g/mol. The molecule has 5 heteroatoms. The second-order valence-electron chi connectivity index (χ2n) is 10.9. The van der Waals surface area contributed by atoms with Gasteiger partial charge in [0, 0.05) is 29.1 Å². The lowest BCUT2D eigenvalue weighted by Gasteiger charge is -2.19. The summed E-state index contributed by atoms with van der Waals surface area (Å²) in [5, 5.41) is 1.42. The fourth-order valence-electron chi connectivity index (χ4n) is 4.80. The highest BCUT2D eigenvalue weighted by Gasteiger charge is 2.19. The van der Waals surface area contributed by atoms with E-state index in [1.165, 1.54) is 10.8 Å². The van der Waals surface area contributed by atoms with Gasteiger partial charge < -0.3 is 0 Å². The molecule has 0 aliphatic heterocycles. The van der Waals surface area contributed by atoms with Crippen molar-refractivity contribution in [1.29, 1.82) is 0 Å². The minimum atomic E-state index is -1.50. The Kier molecular flexibility index (Phi) is 6.89. The van der Waals surface area contributed by atoms with Gasteiger partial charge in [-0.25, -0.2) is 15.0 Å². The van der Waals surface area contributed by atoms with Crippen LogP contribution in [0.5, 0.6) is 0 Å². The Morgan fingerprint density at radius 3 is 1.55 bits per heavy atom. The van der Waals surface area contributed by atoms with Crippen LogP contribution in [-0.2, 0) is 0 Å². The van der Waals surface area contributed by atoms with E-state index >= 15 is 0 Å². The Balaban J connectivity index is 1.56. The predicted octanol–water partition coefficient (Wildman–Crippen LogP) is 8.15. The molecule has 194 valence electrons. The van der Waals surface area contributed by atoms with Crippen LogP contribution in [-0.4, -0.2) is 28.0 Å². The van der Waals surface area contributed by atoms with Gasteiger partial charge >= 0.3 is 0 Å². The van der Waals surface area contributed by atoms with Gasteiger partial charge in [0.2, 0.25) is 0 Å². The first-order valence-corrected chi connectivity index (χ1v) is 17.0. The fraction of sp³-hybridized carbons (Fsp3) is 0.0857. The molecule has 0 spiro atoms. The van der Waals surface area contributed by atoms with Crippen molar-refractivity contribution in [1.82, 2.24) is 19.9 Å². The van der Waals surface area contributed by atoms with Crippen molar-refractivity contribution in [2.24, 2.45) is 0 Å². The predicted molar refractivity (Wildman–Crippen MR) is 168 cm³/mol. The summed E-state index contributed by atoms with van der Waals surface area (Å²) < 4.78 is 0. The third-order valence-electron chi connectivity index (χ3n) is 7.01. The first-order chi connectivity index (χ1) is 19.5. The number of benzene rings is 4. The average molecular weight is 535 g/mol. The number of aromatic nitrogens is 4. The van der Waals surface area contributed by atoms with E-state index in [0.29, 0.717) is 17.5 Å². The summed E-state index contributed by atoms with van der Waals surface area (Å²) in [5.74, 6) is 1.96. The van der Waals surface area contributed by atoms with Gasteiger partial charge in [0.1, 0.15) is 0 Å². The van der Waals surface area contributed by atoms with Gasteiger partial charge in [0.25, 0.3) is 0 Å². The highest BCUT2D eigenvalue weighted by Crippen LogP contribution is 2.35. The molecule has 0 aliphatic carbocycles. The lowest BCUT2D eigenvalue weighted by molar-refractivity contribution is 1.07. The van der Waals surface area contributed by atoms with Crippen LogP contribution in [0.1, 0.15) is 0 Å². The van der Waals surface area contributed by atoms with Crippen molar-refractivity contribution in [3.05, 3.63) is 128 Å². The van der Waals surface area contributed by atoms with Crippen molar-refractivity contribution in [3.63, 3.8) is 0 Å². The van der Waals surface area contributed by atoms with E-state index in [1.54, 1.807) is 0 Å². The van der Waals surface area contributed by atoms with E-state index in [2.05, 4.69) is 79.2 Å². The minimum Gasteiger partial charge on any atom is -0.265 e. The van der Waals surface area contributed by atoms with Crippen LogP contribution >= 0.6 is 0 Å². The molecule has 0 amide bonds. The highest BCUT2D eigenvalue weighted by molar-refractivity contribution is 6.88. The van der Waals surface area contributed by atoms with Gasteiger partial charge in [-0.1, -0.05) is 122 Å². The lowest BCUT2D eigenvalue weighted by atomic mass is 9.93. The SMILES string of the molecule is C[Si](C)(C)c1cccc(-c2cc(-c3nc(-c4ccccc4)nc(-c4ccccc4)n3)ccc2-c2ccncc2)c1. The molecule has 4 nitrogen and oxygen atoms in total. The van der Waals surface area contributed by atoms with Crippen molar-refractivity contribution in [2.75, 3.05) is 0 Å². The standard InChI is InChI=1S/C35H30N4Si/c1-40(2,3)30-16-10-15-28(23-30)32-24-29(17-18-31(32)25-19-21-36-22-20-25)35-38-33(26-11-6-4-7-12-26)37-34(39-35)27-13-8-5-9-14-27/h4-24H,1-3H3. The zero-order valence-electron chi connectivity index (χ0n) is 22.9.